The van der Waals surface area contributed by atoms with Crippen LogP contribution in [-0.2, 0) is 6.54 Å². The Morgan fingerprint density at radius 3 is 2.35 bits per heavy atom. The fourth-order valence-corrected chi connectivity index (χ4v) is 2.68. The van der Waals surface area contributed by atoms with E-state index in [0.717, 1.165) is 17.9 Å². The van der Waals surface area contributed by atoms with Gasteiger partial charge in [0.25, 0.3) is 0 Å². The standard InChI is InChI=1S/C16H24N4/c1-6-20-15(9-13(5)19-20)16(18-17)14-8-11(3)10(2)7-12(14)4/h7-9,16,18H,6,17H2,1-5H3. The molecule has 2 aromatic rings. The lowest BCUT2D eigenvalue weighted by molar-refractivity contribution is 0.540. The van der Waals surface area contributed by atoms with Crippen LogP contribution in [0.5, 0.6) is 0 Å². The van der Waals surface area contributed by atoms with E-state index in [2.05, 4.69) is 56.4 Å². The van der Waals surface area contributed by atoms with Gasteiger partial charge in [-0.15, -0.1) is 0 Å². The minimum absolute atomic E-state index is 0.0320. The third-order valence-electron chi connectivity index (χ3n) is 3.89. The molecule has 0 fully saturated rings. The van der Waals surface area contributed by atoms with Gasteiger partial charge in [-0.2, -0.15) is 5.10 Å². The first-order chi connectivity index (χ1) is 9.47. The van der Waals surface area contributed by atoms with E-state index in [1.54, 1.807) is 0 Å². The number of nitrogens with zero attached hydrogens (tertiary/aromatic N) is 2. The van der Waals surface area contributed by atoms with Crippen molar-refractivity contribution >= 4 is 0 Å². The first-order valence-corrected chi connectivity index (χ1v) is 7.06. The summed E-state index contributed by atoms with van der Waals surface area (Å²) in [6, 6.07) is 6.50. The van der Waals surface area contributed by atoms with Crippen LogP contribution in [0.15, 0.2) is 18.2 Å². The summed E-state index contributed by atoms with van der Waals surface area (Å²) in [7, 11) is 0. The molecule has 1 heterocycles. The molecule has 0 radical (unpaired) electrons. The minimum Gasteiger partial charge on any atom is -0.271 e. The maximum atomic E-state index is 5.84. The highest BCUT2D eigenvalue weighted by Gasteiger charge is 2.20. The van der Waals surface area contributed by atoms with Gasteiger partial charge in [-0.3, -0.25) is 10.5 Å². The Kier molecular flexibility index (Phi) is 4.26. The van der Waals surface area contributed by atoms with E-state index in [0.29, 0.717) is 0 Å². The molecule has 108 valence electrons. The molecule has 0 aliphatic carbocycles. The Labute approximate surface area is 121 Å². The highest BCUT2D eigenvalue weighted by molar-refractivity contribution is 5.41. The van der Waals surface area contributed by atoms with E-state index in [1.807, 2.05) is 11.6 Å². The van der Waals surface area contributed by atoms with Crippen LogP contribution in [0.4, 0.5) is 0 Å². The van der Waals surface area contributed by atoms with E-state index in [9.17, 15) is 0 Å². The SMILES string of the molecule is CCn1nc(C)cc1C(NN)c1cc(C)c(C)cc1C. The zero-order valence-corrected chi connectivity index (χ0v) is 13.0. The van der Waals surface area contributed by atoms with Crippen LogP contribution in [-0.4, -0.2) is 9.78 Å². The molecule has 20 heavy (non-hydrogen) atoms. The van der Waals surface area contributed by atoms with E-state index < -0.39 is 0 Å². The third kappa shape index (κ3) is 2.62. The number of aromatic nitrogens is 2. The number of rotatable bonds is 4. The molecule has 4 heteroatoms. The summed E-state index contributed by atoms with van der Waals surface area (Å²) in [4.78, 5) is 0. The van der Waals surface area contributed by atoms with Crippen LogP contribution in [0, 0.1) is 27.7 Å². The van der Waals surface area contributed by atoms with Crippen molar-refractivity contribution in [1.82, 2.24) is 15.2 Å². The van der Waals surface area contributed by atoms with Crippen molar-refractivity contribution in [2.75, 3.05) is 0 Å². The van der Waals surface area contributed by atoms with Crippen molar-refractivity contribution < 1.29 is 0 Å². The van der Waals surface area contributed by atoms with Crippen molar-refractivity contribution in [3.05, 3.63) is 51.8 Å². The highest BCUT2D eigenvalue weighted by atomic mass is 15.3. The van der Waals surface area contributed by atoms with Gasteiger partial charge in [0.15, 0.2) is 0 Å². The number of nitrogens with one attached hydrogen (secondary N) is 1. The lowest BCUT2D eigenvalue weighted by atomic mass is 9.94. The Morgan fingerprint density at radius 2 is 1.75 bits per heavy atom. The monoisotopic (exact) mass is 272 g/mol. The maximum absolute atomic E-state index is 5.84. The Bertz CT molecular complexity index is 613. The van der Waals surface area contributed by atoms with E-state index in [1.165, 1.54) is 22.3 Å². The maximum Gasteiger partial charge on any atom is 0.0881 e. The second-order valence-corrected chi connectivity index (χ2v) is 5.42. The minimum atomic E-state index is -0.0320. The summed E-state index contributed by atoms with van der Waals surface area (Å²) in [5.74, 6) is 5.84. The lowest BCUT2D eigenvalue weighted by Gasteiger charge is -2.21. The highest BCUT2D eigenvalue weighted by Crippen LogP contribution is 2.27. The van der Waals surface area contributed by atoms with Gasteiger partial charge in [-0.05, 0) is 62.9 Å². The van der Waals surface area contributed by atoms with Crippen molar-refractivity contribution in [2.45, 2.75) is 47.2 Å². The normalized spacial score (nSPS) is 12.7. The van der Waals surface area contributed by atoms with Crippen molar-refractivity contribution in [2.24, 2.45) is 5.84 Å². The van der Waals surface area contributed by atoms with Crippen LogP contribution in [0.3, 0.4) is 0 Å². The molecule has 1 aromatic carbocycles. The Morgan fingerprint density at radius 1 is 1.10 bits per heavy atom. The largest absolute Gasteiger partial charge is 0.271 e. The average molecular weight is 272 g/mol. The molecule has 0 spiro atoms. The van der Waals surface area contributed by atoms with E-state index in [4.69, 9.17) is 5.84 Å². The molecule has 0 amide bonds. The summed E-state index contributed by atoms with van der Waals surface area (Å²) < 4.78 is 2.01. The van der Waals surface area contributed by atoms with Crippen molar-refractivity contribution in [1.29, 1.82) is 0 Å². The summed E-state index contributed by atoms with van der Waals surface area (Å²) in [5, 5.41) is 4.51. The predicted octanol–water partition coefficient (Wildman–Crippen LogP) is 2.69. The molecule has 0 saturated carbocycles. The second kappa shape index (κ2) is 5.77. The van der Waals surface area contributed by atoms with Gasteiger partial charge in [0.2, 0.25) is 0 Å². The van der Waals surface area contributed by atoms with Crippen LogP contribution < -0.4 is 11.3 Å². The molecular weight excluding hydrogens is 248 g/mol. The van der Waals surface area contributed by atoms with Gasteiger partial charge in [0.1, 0.15) is 0 Å². The molecule has 1 atom stereocenters. The van der Waals surface area contributed by atoms with Crippen LogP contribution in [0.1, 0.15) is 46.6 Å². The molecular formula is C16H24N4. The van der Waals surface area contributed by atoms with Crippen LogP contribution >= 0.6 is 0 Å². The number of hydrogen-bond acceptors (Lipinski definition) is 3. The molecule has 0 saturated heterocycles. The number of nitrogens with two attached hydrogens (primary N) is 1. The molecule has 2 rings (SSSR count). The molecule has 3 N–H and O–H groups in total. The zero-order valence-electron chi connectivity index (χ0n) is 13.0. The Hall–Kier alpha value is -1.65. The second-order valence-electron chi connectivity index (χ2n) is 5.42. The van der Waals surface area contributed by atoms with Gasteiger partial charge in [-0.1, -0.05) is 12.1 Å². The van der Waals surface area contributed by atoms with Gasteiger partial charge in [-0.25, -0.2) is 5.43 Å². The molecule has 0 bridgehead atoms. The topological polar surface area (TPSA) is 55.9 Å². The fourth-order valence-electron chi connectivity index (χ4n) is 2.68. The fraction of sp³-hybridized carbons (Fsp3) is 0.438. The average Bonchev–Trinajstić information content (AvgIpc) is 2.77. The smallest absolute Gasteiger partial charge is 0.0881 e. The summed E-state index contributed by atoms with van der Waals surface area (Å²) in [6.07, 6.45) is 0. The quantitative estimate of drug-likeness (QED) is 0.664. The summed E-state index contributed by atoms with van der Waals surface area (Å²) in [5.41, 5.74) is 10.1. The summed E-state index contributed by atoms with van der Waals surface area (Å²) >= 11 is 0. The van der Waals surface area contributed by atoms with Crippen LogP contribution in [0.25, 0.3) is 0 Å². The predicted molar refractivity (Wildman–Crippen MR) is 82.5 cm³/mol. The first-order valence-electron chi connectivity index (χ1n) is 7.06. The molecule has 4 nitrogen and oxygen atoms in total. The van der Waals surface area contributed by atoms with Gasteiger partial charge in [0, 0.05) is 6.54 Å². The molecule has 1 unspecified atom stereocenters. The molecule has 1 aromatic heterocycles. The number of hydrazine groups is 1. The van der Waals surface area contributed by atoms with Gasteiger partial charge >= 0.3 is 0 Å². The number of aryl methyl sites for hydroxylation is 5. The zero-order chi connectivity index (χ0) is 14.9. The van der Waals surface area contributed by atoms with E-state index >= 15 is 0 Å². The lowest BCUT2D eigenvalue weighted by Crippen LogP contribution is -2.31. The molecule has 0 aliphatic rings. The van der Waals surface area contributed by atoms with E-state index in [-0.39, 0.29) is 6.04 Å². The van der Waals surface area contributed by atoms with Crippen molar-refractivity contribution in [3.63, 3.8) is 0 Å². The Balaban J connectivity index is 2.55. The number of hydrogen-bond donors (Lipinski definition) is 2. The van der Waals surface area contributed by atoms with Gasteiger partial charge in [0.05, 0.1) is 17.4 Å². The summed E-state index contributed by atoms with van der Waals surface area (Å²) in [6.45, 7) is 11.3. The van der Waals surface area contributed by atoms with Crippen molar-refractivity contribution in [3.8, 4) is 0 Å². The van der Waals surface area contributed by atoms with Crippen LogP contribution in [0.2, 0.25) is 0 Å². The number of benzene rings is 1. The first kappa shape index (κ1) is 14.8. The third-order valence-corrected chi connectivity index (χ3v) is 3.89. The van der Waals surface area contributed by atoms with Gasteiger partial charge < -0.3 is 0 Å². The molecule has 0 aliphatic heterocycles.